The Kier molecular flexibility index (Phi) is 21.9. The fourth-order valence-corrected chi connectivity index (χ4v) is 4.06. The summed E-state index contributed by atoms with van der Waals surface area (Å²) >= 11 is 0. The largest absolute Gasteiger partial charge is 0.444 e. The maximum atomic E-state index is 12.0. The van der Waals surface area contributed by atoms with Crippen LogP contribution in [0.5, 0.6) is 0 Å². The Labute approximate surface area is 342 Å². The van der Waals surface area contributed by atoms with Gasteiger partial charge in [-0.15, -0.1) is 6.42 Å². The van der Waals surface area contributed by atoms with E-state index in [0.717, 1.165) is 6.42 Å². The molecule has 0 radical (unpaired) electrons. The summed E-state index contributed by atoms with van der Waals surface area (Å²) in [6.45, 7) is 14.5. The molecule has 11 nitrogen and oxygen atoms in total. The van der Waals surface area contributed by atoms with Crippen LogP contribution in [-0.2, 0) is 14.3 Å². The second-order valence-corrected chi connectivity index (χ2v) is 13.3. The number of non-ortho nitro benzene ring substituents is 1. The van der Waals surface area contributed by atoms with Crippen molar-refractivity contribution in [3.8, 4) is 131 Å². The van der Waals surface area contributed by atoms with Crippen molar-refractivity contribution < 1.29 is 28.8 Å². The average molecular weight is 773 g/mol. The number of carbonyl (C=O) groups excluding carboxylic acids is 3. The molecule has 2 saturated heterocycles. The zero-order chi connectivity index (χ0) is 43.2. The Balaban J connectivity index is 0.000000451. The number of nitro groups is 1. The molecule has 0 saturated carbocycles. The van der Waals surface area contributed by atoms with Crippen molar-refractivity contribution in [2.45, 2.75) is 78.6 Å². The Bertz CT molecular complexity index is 2400. The van der Waals surface area contributed by atoms with Gasteiger partial charge in [-0.25, -0.2) is 9.59 Å². The van der Waals surface area contributed by atoms with Crippen molar-refractivity contribution in [1.29, 1.82) is 0 Å². The minimum absolute atomic E-state index is 0.0481. The van der Waals surface area contributed by atoms with Crippen LogP contribution in [0.25, 0.3) is 0 Å². The Morgan fingerprint density at radius 1 is 0.741 bits per heavy atom. The molecular formula is C47H40N4O7. The van der Waals surface area contributed by atoms with Crippen LogP contribution in [-0.4, -0.2) is 76.1 Å². The van der Waals surface area contributed by atoms with E-state index in [-0.39, 0.29) is 30.2 Å². The summed E-state index contributed by atoms with van der Waals surface area (Å²) in [7, 11) is 0. The van der Waals surface area contributed by atoms with Gasteiger partial charge in [-0.3, -0.25) is 14.9 Å². The first kappa shape index (κ1) is 47.8. The molecular weight excluding hydrogens is 733 g/mol. The van der Waals surface area contributed by atoms with Crippen LogP contribution >= 0.6 is 0 Å². The SMILES string of the molecule is C#CC#CC#CC#CC#CC#CC#CC#CC#CC#CC#CC.CC(C)(C)OC(=O)N1CCC(=O)C1.CC(C)(C)OC(=O)N1CCC(Nc2cccc([N+](=O)[O-])c2)C1. The molecule has 2 amide bonds. The van der Waals surface area contributed by atoms with Crippen LogP contribution in [0.1, 0.15) is 61.3 Å². The van der Waals surface area contributed by atoms with E-state index >= 15 is 0 Å². The Hall–Kier alpha value is -8.21. The molecule has 2 aliphatic heterocycles. The number of hydrogen-bond acceptors (Lipinski definition) is 8. The van der Waals surface area contributed by atoms with Crippen LogP contribution in [0.4, 0.5) is 21.0 Å². The lowest BCUT2D eigenvalue weighted by Gasteiger charge is -2.24. The highest BCUT2D eigenvalue weighted by Crippen LogP contribution is 2.22. The predicted molar refractivity (Wildman–Crippen MR) is 223 cm³/mol. The molecule has 0 bridgehead atoms. The van der Waals surface area contributed by atoms with Gasteiger partial charge in [0.25, 0.3) is 5.69 Å². The summed E-state index contributed by atoms with van der Waals surface area (Å²) in [6.07, 6.45) is 5.43. The fourth-order valence-electron chi connectivity index (χ4n) is 4.06. The van der Waals surface area contributed by atoms with E-state index in [1.54, 1.807) is 24.0 Å². The molecule has 0 spiro atoms. The molecule has 1 aromatic carbocycles. The number of hydrogen-bond donors (Lipinski definition) is 1. The number of carbonyl (C=O) groups is 3. The fraction of sp³-hybridized carbons (Fsp3) is 0.340. The quantitative estimate of drug-likeness (QED) is 0.262. The molecule has 58 heavy (non-hydrogen) atoms. The van der Waals surface area contributed by atoms with E-state index in [1.165, 1.54) is 17.0 Å². The van der Waals surface area contributed by atoms with Crippen LogP contribution in [0.2, 0.25) is 0 Å². The van der Waals surface area contributed by atoms with E-state index in [4.69, 9.17) is 15.9 Å². The number of ketones is 1. The maximum Gasteiger partial charge on any atom is 0.410 e. The number of ether oxygens (including phenoxy) is 2. The van der Waals surface area contributed by atoms with Crippen LogP contribution in [0.15, 0.2) is 24.3 Å². The Morgan fingerprint density at radius 2 is 1.19 bits per heavy atom. The normalized spacial score (nSPS) is 12.4. The maximum absolute atomic E-state index is 12.0. The smallest absolute Gasteiger partial charge is 0.410 e. The third kappa shape index (κ3) is 24.2. The van der Waals surface area contributed by atoms with E-state index < -0.39 is 22.2 Å². The lowest BCUT2D eigenvalue weighted by Crippen LogP contribution is -2.36. The molecule has 290 valence electrons. The van der Waals surface area contributed by atoms with Crippen LogP contribution in [0.3, 0.4) is 0 Å². The second-order valence-electron chi connectivity index (χ2n) is 13.3. The van der Waals surface area contributed by atoms with Crippen molar-refractivity contribution in [2.24, 2.45) is 0 Å². The van der Waals surface area contributed by atoms with E-state index in [9.17, 15) is 24.5 Å². The standard InChI is InChI=1S/C23H4.C15H21N3O4.C9H15NO3/c1-3-5-7-9-11-13-15-17-19-21-23-22-20-18-16-14-12-10-8-6-4-2;1-15(2,3)22-14(19)17-8-7-12(10-17)16-11-5-4-6-13(9-11)18(20)21;1-9(2,3)13-8(12)10-5-4-7(11)6-10/h1H,2H3;4-6,9,12,16H,7-8,10H2,1-3H3;4-6H2,1-3H3. The van der Waals surface area contributed by atoms with Gasteiger partial charge in [0.1, 0.15) is 11.2 Å². The molecule has 0 aliphatic carbocycles. The Morgan fingerprint density at radius 3 is 1.59 bits per heavy atom. The molecule has 1 N–H and O–H groups in total. The lowest BCUT2D eigenvalue weighted by molar-refractivity contribution is -0.384. The van der Waals surface area contributed by atoms with E-state index in [0.29, 0.717) is 31.7 Å². The van der Waals surface area contributed by atoms with Crippen molar-refractivity contribution in [1.82, 2.24) is 9.80 Å². The molecule has 2 heterocycles. The molecule has 2 fully saturated rings. The number of rotatable bonds is 3. The summed E-state index contributed by atoms with van der Waals surface area (Å²) in [6, 6.07) is 6.43. The summed E-state index contributed by atoms with van der Waals surface area (Å²) < 4.78 is 10.4. The first-order chi connectivity index (χ1) is 27.5. The summed E-state index contributed by atoms with van der Waals surface area (Å²) in [5.41, 5.74) is -0.261. The predicted octanol–water partition coefficient (Wildman–Crippen LogP) is 4.89. The van der Waals surface area contributed by atoms with E-state index in [1.807, 2.05) is 41.5 Å². The topological polar surface area (TPSA) is 131 Å². The zero-order valence-corrected chi connectivity index (χ0v) is 33.4. The number of nitrogens with one attached hydrogen (secondary N) is 1. The molecule has 1 atom stereocenters. The number of nitro benzene ring substituents is 1. The van der Waals surface area contributed by atoms with Crippen LogP contribution < -0.4 is 5.32 Å². The highest BCUT2D eigenvalue weighted by atomic mass is 16.6. The number of amides is 2. The highest BCUT2D eigenvalue weighted by molar-refractivity contribution is 5.87. The minimum atomic E-state index is -0.511. The van der Waals surface area contributed by atoms with Crippen molar-refractivity contribution in [3.63, 3.8) is 0 Å². The lowest BCUT2D eigenvalue weighted by atomic mass is 10.2. The number of Topliss-reactive ketones (excluding diaryl/α,β-unsaturated/α-hetero) is 1. The van der Waals surface area contributed by atoms with Gasteiger partial charge >= 0.3 is 12.2 Å². The molecule has 1 unspecified atom stereocenters. The number of anilines is 1. The first-order valence-corrected chi connectivity index (χ1v) is 17.4. The summed E-state index contributed by atoms with van der Waals surface area (Å²) in [5.74, 6) is 52.0. The third-order valence-corrected chi connectivity index (χ3v) is 6.27. The van der Waals surface area contributed by atoms with Gasteiger partial charge in [0.2, 0.25) is 0 Å². The van der Waals surface area contributed by atoms with Gasteiger partial charge in [0.15, 0.2) is 5.78 Å². The van der Waals surface area contributed by atoms with Gasteiger partial charge in [-0.2, -0.15) is 0 Å². The number of likely N-dealkylation sites (tertiary alicyclic amines) is 2. The minimum Gasteiger partial charge on any atom is -0.444 e. The summed E-state index contributed by atoms with van der Waals surface area (Å²) in [4.78, 5) is 47.7. The summed E-state index contributed by atoms with van der Waals surface area (Å²) in [5, 5.41) is 14.0. The van der Waals surface area contributed by atoms with Crippen molar-refractivity contribution in [2.75, 3.05) is 31.5 Å². The van der Waals surface area contributed by atoms with Gasteiger partial charge in [-0.1, -0.05) is 12.0 Å². The van der Waals surface area contributed by atoms with Gasteiger partial charge in [0, 0.05) is 73.6 Å². The number of benzene rings is 1. The number of terminal acetylenes is 1. The second kappa shape index (κ2) is 26.5. The molecule has 0 aromatic heterocycles. The zero-order valence-electron chi connectivity index (χ0n) is 33.4. The monoisotopic (exact) mass is 772 g/mol. The highest BCUT2D eigenvalue weighted by Gasteiger charge is 2.30. The van der Waals surface area contributed by atoms with Crippen LogP contribution in [0, 0.1) is 141 Å². The van der Waals surface area contributed by atoms with E-state index in [2.05, 4.69) is 130 Å². The average Bonchev–Trinajstić information content (AvgIpc) is 3.81. The van der Waals surface area contributed by atoms with Gasteiger partial charge < -0.3 is 24.6 Å². The van der Waals surface area contributed by atoms with Gasteiger partial charge in [-0.05, 0) is 156 Å². The molecule has 2 aliphatic rings. The first-order valence-electron chi connectivity index (χ1n) is 17.4. The van der Waals surface area contributed by atoms with Crippen molar-refractivity contribution in [3.05, 3.63) is 34.4 Å². The van der Waals surface area contributed by atoms with Crippen molar-refractivity contribution >= 4 is 29.3 Å². The molecule has 3 rings (SSSR count). The number of nitrogens with zero attached hydrogens (tertiary/aromatic N) is 3. The van der Waals surface area contributed by atoms with Gasteiger partial charge in [0.05, 0.1) is 11.5 Å². The molecule has 11 heteroatoms. The molecule has 1 aromatic rings. The third-order valence-electron chi connectivity index (χ3n) is 6.27.